The Hall–Kier alpha value is -3.47. The highest BCUT2D eigenvalue weighted by Crippen LogP contribution is 2.30. The first kappa shape index (κ1) is 26.1. The largest absolute Gasteiger partial charge is 0.369 e. The highest BCUT2D eigenvalue weighted by atomic mass is 35.5. The van der Waals surface area contributed by atoms with Gasteiger partial charge in [-0.15, -0.1) is 0 Å². The third-order valence-corrected chi connectivity index (χ3v) is 8.23. The number of aromatic nitrogens is 3. The zero-order valence-corrected chi connectivity index (χ0v) is 23.1. The predicted molar refractivity (Wildman–Crippen MR) is 152 cm³/mol. The van der Waals surface area contributed by atoms with E-state index in [2.05, 4.69) is 44.3 Å². The molecule has 0 atom stereocenters. The Labute approximate surface area is 226 Å². The van der Waals surface area contributed by atoms with E-state index in [0.29, 0.717) is 34.7 Å². The molecule has 198 valence electrons. The van der Waals surface area contributed by atoms with E-state index >= 15 is 0 Å². The van der Waals surface area contributed by atoms with Gasteiger partial charge in [0.05, 0.1) is 4.90 Å². The maximum Gasteiger partial charge on any atom is 0.260 e. The smallest absolute Gasteiger partial charge is 0.260 e. The van der Waals surface area contributed by atoms with Crippen molar-refractivity contribution in [2.45, 2.75) is 18.4 Å². The van der Waals surface area contributed by atoms with Crippen molar-refractivity contribution in [3.8, 4) is 11.1 Å². The van der Waals surface area contributed by atoms with Crippen LogP contribution in [0.4, 0.5) is 17.3 Å². The Morgan fingerprint density at radius 1 is 1.00 bits per heavy atom. The molecule has 1 aliphatic heterocycles. The summed E-state index contributed by atoms with van der Waals surface area (Å²) in [6.45, 7) is 6.30. The summed E-state index contributed by atoms with van der Waals surface area (Å²) in [6.07, 6.45) is 2.76. The first-order valence-corrected chi connectivity index (χ1v) is 14.6. The van der Waals surface area contributed by atoms with Crippen LogP contribution in [0.15, 0.2) is 64.4 Å². The highest BCUT2D eigenvalue weighted by molar-refractivity contribution is 7.90. The summed E-state index contributed by atoms with van der Waals surface area (Å²) < 4.78 is 25.7. The number of likely N-dealkylation sites (N-methyl/N-ethyl adjacent to an activating group) is 1. The van der Waals surface area contributed by atoms with Gasteiger partial charge >= 0.3 is 0 Å². The monoisotopic (exact) mass is 552 g/mol. The van der Waals surface area contributed by atoms with Gasteiger partial charge in [0, 0.05) is 78.1 Å². The zero-order chi connectivity index (χ0) is 27.0. The first-order chi connectivity index (χ1) is 18.1. The molecule has 1 saturated heterocycles. The summed E-state index contributed by atoms with van der Waals surface area (Å²) in [4.78, 5) is 27.3. The second-order valence-electron chi connectivity index (χ2n) is 9.46. The van der Waals surface area contributed by atoms with Crippen LogP contribution in [0.5, 0.6) is 0 Å². The molecule has 0 saturated carbocycles. The number of pyridine rings is 1. The normalized spacial score (nSPS) is 14.7. The summed E-state index contributed by atoms with van der Waals surface area (Å²) in [6, 6.07) is 14.2. The van der Waals surface area contributed by atoms with Crippen molar-refractivity contribution in [3.63, 3.8) is 0 Å². The van der Waals surface area contributed by atoms with Crippen molar-refractivity contribution in [2.24, 2.45) is 0 Å². The Bertz CT molecular complexity index is 1660. The standard InChI is InChI=1S/C27H29ClN6O3S/c1-4-34-25-18(15-23(26(34)35)22-16-21(38(3,36)37)9-10-24(22)28)17-29-27(31-25)30-19-5-7-20(8-6-19)33-13-11-32(2)12-14-33/h5-10,15-17H,4,11-14H2,1-3H3,(H,29,30,31). The lowest BCUT2D eigenvalue weighted by Gasteiger charge is -2.34. The molecule has 2 aromatic heterocycles. The number of benzene rings is 2. The molecule has 11 heteroatoms. The number of sulfone groups is 1. The molecule has 38 heavy (non-hydrogen) atoms. The summed E-state index contributed by atoms with van der Waals surface area (Å²) in [5.74, 6) is 0.372. The number of piperazine rings is 1. The minimum atomic E-state index is -3.47. The summed E-state index contributed by atoms with van der Waals surface area (Å²) in [5.41, 5.74) is 2.82. The number of nitrogens with zero attached hydrogens (tertiary/aromatic N) is 5. The number of aryl methyl sites for hydroxylation is 1. The lowest BCUT2D eigenvalue weighted by atomic mass is 10.1. The van der Waals surface area contributed by atoms with Gasteiger partial charge in [0.15, 0.2) is 9.84 Å². The third-order valence-electron chi connectivity index (χ3n) is 6.79. The number of fused-ring (bicyclic) bond motifs is 1. The van der Waals surface area contributed by atoms with E-state index in [1.807, 2.05) is 19.1 Å². The predicted octanol–water partition coefficient (Wildman–Crippen LogP) is 4.03. The first-order valence-electron chi connectivity index (χ1n) is 12.3. The minimum Gasteiger partial charge on any atom is -0.369 e. The fraction of sp³-hybridized carbons (Fsp3) is 0.296. The molecule has 4 aromatic rings. The topological polar surface area (TPSA) is 100 Å². The number of rotatable bonds is 6. The Kier molecular flexibility index (Phi) is 7.13. The fourth-order valence-electron chi connectivity index (χ4n) is 4.60. The highest BCUT2D eigenvalue weighted by Gasteiger charge is 2.18. The van der Waals surface area contributed by atoms with E-state index in [4.69, 9.17) is 11.6 Å². The molecule has 0 bridgehead atoms. The molecule has 3 heterocycles. The molecule has 0 spiro atoms. The lowest BCUT2D eigenvalue weighted by molar-refractivity contribution is 0.313. The second kappa shape index (κ2) is 10.4. The van der Waals surface area contributed by atoms with Gasteiger partial charge in [-0.3, -0.25) is 9.36 Å². The van der Waals surface area contributed by atoms with Gasteiger partial charge in [0.2, 0.25) is 5.95 Å². The minimum absolute atomic E-state index is 0.0916. The average Bonchev–Trinajstić information content (AvgIpc) is 2.89. The average molecular weight is 553 g/mol. The van der Waals surface area contributed by atoms with E-state index in [9.17, 15) is 13.2 Å². The Morgan fingerprint density at radius 2 is 1.71 bits per heavy atom. The van der Waals surface area contributed by atoms with Crippen LogP contribution in [0, 0.1) is 0 Å². The van der Waals surface area contributed by atoms with Crippen LogP contribution in [0.3, 0.4) is 0 Å². The lowest BCUT2D eigenvalue weighted by Crippen LogP contribution is -2.44. The van der Waals surface area contributed by atoms with E-state index in [-0.39, 0.29) is 15.5 Å². The maximum atomic E-state index is 13.5. The van der Waals surface area contributed by atoms with Gasteiger partial charge in [-0.25, -0.2) is 13.4 Å². The zero-order valence-electron chi connectivity index (χ0n) is 21.5. The quantitative estimate of drug-likeness (QED) is 0.383. The van der Waals surface area contributed by atoms with Gasteiger partial charge in [0.25, 0.3) is 5.56 Å². The van der Waals surface area contributed by atoms with Crippen LogP contribution in [0.2, 0.25) is 5.02 Å². The SMILES string of the molecule is CCn1c(=O)c(-c2cc(S(C)(=O)=O)ccc2Cl)cc2cnc(Nc3ccc(N4CCN(C)CC4)cc3)nc21. The molecular weight excluding hydrogens is 524 g/mol. The van der Waals surface area contributed by atoms with Gasteiger partial charge in [-0.05, 0) is 62.5 Å². The van der Waals surface area contributed by atoms with Crippen LogP contribution in [-0.2, 0) is 16.4 Å². The van der Waals surface area contributed by atoms with E-state index in [1.165, 1.54) is 28.5 Å². The van der Waals surface area contributed by atoms with E-state index in [0.717, 1.165) is 38.1 Å². The molecule has 0 unspecified atom stereocenters. The number of anilines is 3. The molecule has 5 rings (SSSR count). The molecule has 9 nitrogen and oxygen atoms in total. The van der Waals surface area contributed by atoms with Crippen molar-refractivity contribution in [3.05, 3.63) is 70.1 Å². The second-order valence-corrected chi connectivity index (χ2v) is 11.9. The summed E-state index contributed by atoms with van der Waals surface area (Å²) in [7, 11) is -1.34. The van der Waals surface area contributed by atoms with Crippen molar-refractivity contribution in [2.75, 3.05) is 49.7 Å². The fourth-order valence-corrected chi connectivity index (χ4v) is 5.46. The van der Waals surface area contributed by atoms with Crippen LogP contribution in [0.25, 0.3) is 22.2 Å². The maximum absolute atomic E-state index is 13.5. The Morgan fingerprint density at radius 3 is 2.37 bits per heavy atom. The van der Waals surface area contributed by atoms with Crippen LogP contribution in [-0.4, -0.2) is 67.3 Å². The van der Waals surface area contributed by atoms with Crippen LogP contribution in [0.1, 0.15) is 6.92 Å². The van der Waals surface area contributed by atoms with E-state index in [1.54, 1.807) is 12.3 Å². The molecule has 2 aromatic carbocycles. The van der Waals surface area contributed by atoms with Crippen LogP contribution < -0.4 is 15.8 Å². The van der Waals surface area contributed by atoms with Gasteiger partial charge in [-0.2, -0.15) is 4.98 Å². The number of hydrogen-bond donors (Lipinski definition) is 1. The molecule has 0 amide bonds. The van der Waals surface area contributed by atoms with Gasteiger partial charge in [-0.1, -0.05) is 11.6 Å². The van der Waals surface area contributed by atoms with Crippen molar-refractivity contribution in [1.29, 1.82) is 0 Å². The van der Waals surface area contributed by atoms with Crippen molar-refractivity contribution in [1.82, 2.24) is 19.4 Å². The number of hydrogen-bond acceptors (Lipinski definition) is 8. The number of nitrogens with one attached hydrogen (secondary N) is 1. The summed E-state index contributed by atoms with van der Waals surface area (Å²) >= 11 is 6.39. The van der Waals surface area contributed by atoms with Crippen LogP contribution >= 0.6 is 11.6 Å². The van der Waals surface area contributed by atoms with Crippen molar-refractivity contribution < 1.29 is 8.42 Å². The molecule has 1 fully saturated rings. The Balaban J connectivity index is 1.47. The van der Waals surface area contributed by atoms with Crippen molar-refractivity contribution >= 4 is 49.8 Å². The van der Waals surface area contributed by atoms with E-state index < -0.39 is 9.84 Å². The van der Waals surface area contributed by atoms with Gasteiger partial charge < -0.3 is 15.1 Å². The molecule has 1 N–H and O–H groups in total. The molecule has 0 aliphatic carbocycles. The molecule has 1 aliphatic rings. The molecular formula is C27H29ClN6O3S. The summed E-state index contributed by atoms with van der Waals surface area (Å²) in [5, 5.41) is 4.16. The van der Waals surface area contributed by atoms with Gasteiger partial charge in [0.1, 0.15) is 5.65 Å². The number of halogens is 1. The molecule has 0 radical (unpaired) electrons. The third kappa shape index (κ3) is 5.24.